The Hall–Kier alpha value is -2.27. The Morgan fingerprint density at radius 3 is 2.75 bits per heavy atom. The zero-order valence-corrected chi connectivity index (χ0v) is 12.0. The van der Waals surface area contributed by atoms with Gasteiger partial charge in [0.2, 0.25) is 0 Å². The third kappa shape index (κ3) is 3.00. The zero-order chi connectivity index (χ0) is 14.7. The molecule has 0 radical (unpaired) electrons. The molecule has 2 rings (SSSR count). The Bertz CT molecular complexity index is 643. The number of benzene rings is 1. The Labute approximate surface area is 122 Å². The van der Waals surface area contributed by atoms with E-state index in [4.69, 9.17) is 17.3 Å². The molecule has 0 saturated heterocycles. The molecule has 5 nitrogen and oxygen atoms in total. The van der Waals surface area contributed by atoms with Crippen molar-refractivity contribution in [2.75, 3.05) is 30.0 Å². The standard InChI is InChI=1S/C14H15ClN4O/c1-19(2)13-5-6-17-8-12(13)18-14(20)9-3-4-11(16)10(15)7-9/h3-8H,16H2,1-2H3,(H,18,20). The molecule has 0 aliphatic rings. The van der Waals surface area contributed by atoms with E-state index in [9.17, 15) is 4.79 Å². The molecule has 0 spiro atoms. The number of pyridine rings is 1. The number of nitrogens with zero attached hydrogens (tertiary/aromatic N) is 2. The smallest absolute Gasteiger partial charge is 0.255 e. The van der Waals surface area contributed by atoms with E-state index in [1.165, 1.54) is 6.07 Å². The second-order valence-electron chi connectivity index (χ2n) is 4.48. The highest BCUT2D eigenvalue weighted by Gasteiger charge is 2.11. The minimum absolute atomic E-state index is 0.261. The number of nitrogen functional groups attached to an aromatic ring is 1. The SMILES string of the molecule is CN(C)c1ccncc1NC(=O)c1ccc(N)c(Cl)c1. The molecule has 1 heterocycles. The van der Waals surface area contributed by atoms with Crippen LogP contribution in [0.1, 0.15) is 10.4 Å². The second kappa shape index (κ2) is 5.79. The van der Waals surface area contributed by atoms with Crippen molar-refractivity contribution in [1.82, 2.24) is 4.98 Å². The number of carbonyl (C=O) groups is 1. The van der Waals surface area contributed by atoms with Crippen LogP contribution in [0.3, 0.4) is 0 Å². The lowest BCUT2D eigenvalue weighted by molar-refractivity contribution is 0.102. The molecule has 1 amide bonds. The predicted octanol–water partition coefficient (Wildman–Crippen LogP) is 2.64. The third-order valence-electron chi connectivity index (χ3n) is 2.79. The first-order valence-corrected chi connectivity index (χ1v) is 6.34. The van der Waals surface area contributed by atoms with Gasteiger partial charge in [-0.1, -0.05) is 11.6 Å². The number of nitrogens with one attached hydrogen (secondary N) is 1. The molecule has 1 aromatic heterocycles. The van der Waals surface area contributed by atoms with Gasteiger partial charge in [-0.2, -0.15) is 0 Å². The van der Waals surface area contributed by atoms with Crippen molar-refractivity contribution in [3.63, 3.8) is 0 Å². The van der Waals surface area contributed by atoms with E-state index in [0.717, 1.165) is 5.69 Å². The summed E-state index contributed by atoms with van der Waals surface area (Å²) >= 11 is 5.92. The Morgan fingerprint density at radius 1 is 1.35 bits per heavy atom. The molecule has 0 saturated carbocycles. The predicted molar refractivity (Wildman–Crippen MR) is 82.4 cm³/mol. The van der Waals surface area contributed by atoms with E-state index in [0.29, 0.717) is 22.0 Å². The molecule has 0 aliphatic heterocycles. The van der Waals surface area contributed by atoms with Gasteiger partial charge in [0.1, 0.15) is 0 Å². The zero-order valence-electron chi connectivity index (χ0n) is 11.2. The maximum Gasteiger partial charge on any atom is 0.255 e. The van der Waals surface area contributed by atoms with Gasteiger partial charge in [0.05, 0.1) is 28.3 Å². The van der Waals surface area contributed by atoms with E-state index in [-0.39, 0.29) is 5.91 Å². The molecule has 20 heavy (non-hydrogen) atoms. The van der Waals surface area contributed by atoms with Crippen LogP contribution in [0.15, 0.2) is 36.7 Å². The van der Waals surface area contributed by atoms with Crippen LogP contribution in [0.5, 0.6) is 0 Å². The summed E-state index contributed by atoms with van der Waals surface area (Å²) in [5.74, 6) is -0.261. The number of carbonyl (C=O) groups excluding carboxylic acids is 1. The molecule has 0 unspecified atom stereocenters. The molecule has 3 N–H and O–H groups in total. The number of hydrogen-bond donors (Lipinski definition) is 2. The number of rotatable bonds is 3. The van der Waals surface area contributed by atoms with Crippen molar-refractivity contribution in [3.05, 3.63) is 47.2 Å². The topological polar surface area (TPSA) is 71.2 Å². The van der Waals surface area contributed by atoms with Gasteiger partial charge in [-0.15, -0.1) is 0 Å². The van der Waals surface area contributed by atoms with Crippen molar-refractivity contribution in [2.45, 2.75) is 0 Å². The first kappa shape index (κ1) is 14.1. The fourth-order valence-corrected chi connectivity index (χ4v) is 1.92. The van der Waals surface area contributed by atoms with Crippen LogP contribution in [0, 0.1) is 0 Å². The van der Waals surface area contributed by atoms with Crippen LogP contribution in [0.2, 0.25) is 5.02 Å². The maximum atomic E-state index is 12.2. The van der Waals surface area contributed by atoms with Crippen LogP contribution < -0.4 is 16.0 Å². The summed E-state index contributed by atoms with van der Waals surface area (Å²) in [5, 5.41) is 3.17. The number of halogens is 1. The van der Waals surface area contributed by atoms with E-state index in [2.05, 4.69) is 10.3 Å². The summed E-state index contributed by atoms with van der Waals surface area (Å²) in [4.78, 5) is 18.1. The third-order valence-corrected chi connectivity index (χ3v) is 3.12. The number of hydrogen-bond acceptors (Lipinski definition) is 4. The Morgan fingerprint density at radius 2 is 2.10 bits per heavy atom. The minimum Gasteiger partial charge on any atom is -0.398 e. The second-order valence-corrected chi connectivity index (χ2v) is 4.88. The number of amides is 1. The Kier molecular flexibility index (Phi) is 4.10. The first-order valence-electron chi connectivity index (χ1n) is 5.96. The molecular weight excluding hydrogens is 276 g/mol. The average molecular weight is 291 g/mol. The van der Waals surface area contributed by atoms with Gasteiger partial charge in [0, 0.05) is 25.9 Å². The molecule has 0 fully saturated rings. The quantitative estimate of drug-likeness (QED) is 0.853. The molecule has 0 aliphatic carbocycles. The van der Waals surface area contributed by atoms with Gasteiger partial charge in [-0.05, 0) is 24.3 Å². The summed E-state index contributed by atoms with van der Waals surface area (Å²) in [6, 6.07) is 6.60. The molecule has 0 atom stereocenters. The summed E-state index contributed by atoms with van der Waals surface area (Å²) < 4.78 is 0. The highest BCUT2D eigenvalue weighted by atomic mass is 35.5. The number of anilines is 3. The van der Waals surface area contributed by atoms with Crippen molar-refractivity contribution in [1.29, 1.82) is 0 Å². The summed E-state index contributed by atoms with van der Waals surface area (Å²) in [5.41, 5.74) is 8.02. The van der Waals surface area contributed by atoms with Crippen LogP contribution >= 0.6 is 11.6 Å². The molecule has 6 heteroatoms. The molecule has 2 aromatic rings. The van der Waals surface area contributed by atoms with Gasteiger partial charge in [-0.3, -0.25) is 9.78 Å². The first-order chi connectivity index (χ1) is 9.49. The van der Waals surface area contributed by atoms with Crippen LogP contribution in [0.4, 0.5) is 17.1 Å². The largest absolute Gasteiger partial charge is 0.398 e. The van der Waals surface area contributed by atoms with Crippen molar-refractivity contribution < 1.29 is 4.79 Å². The Balaban J connectivity index is 2.26. The highest BCUT2D eigenvalue weighted by Crippen LogP contribution is 2.24. The van der Waals surface area contributed by atoms with Crippen LogP contribution in [0.25, 0.3) is 0 Å². The van der Waals surface area contributed by atoms with Crippen LogP contribution in [-0.2, 0) is 0 Å². The summed E-state index contributed by atoms with van der Waals surface area (Å²) in [7, 11) is 3.79. The van der Waals surface area contributed by atoms with Crippen LogP contribution in [-0.4, -0.2) is 25.0 Å². The molecule has 104 valence electrons. The summed E-state index contributed by atoms with van der Waals surface area (Å²) in [6.07, 6.45) is 3.28. The van der Waals surface area contributed by atoms with Gasteiger partial charge in [-0.25, -0.2) is 0 Å². The van der Waals surface area contributed by atoms with Crippen molar-refractivity contribution >= 4 is 34.6 Å². The maximum absolute atomic E-state index is 12.2. The fraction of sp³-hybridized carbons (Fsp3) is 0.143. The lowest BCUT2D eigenvalue weighted by Crippen LogP contribution is -2.17. The van der Waals surface area contributed by atoms with Gasteiger partial charge in [0.25, 0.3) is 5.91 Å². The van der Waals surface area contributed by atoms with Gasteiger partial charge >= 0.3 is 0 Å². The van der Waals surface area contributed by atoms with Crippen molar-refractivity contribution in [2.24, 2.45) is 0 Å². The lowest BCUT2D eigenvalue weighted by Gasteiger charge is -2.17. The van der Waals surface area contributed by atoms with E-state index in [1.807, 2.05) is 25.1 Å². The summed E-state index contributed by atoms with van der Waals surface area (Å²) in [6.45, 7) is 0. The molecular formula is C14H15ClN4O. The number of aromatic nitrogens is 1. The van der Waals surface area contributed by atoms with Gasteiger partial charge < -0.3 is 16.0 Å². The average Bonchev–Trinajstić information content (AvgIpc) is 2.42. The number of nitrogens with two attached hydrogens (primary N) is 1. The van der Waals surface area contributed by atoms with Gasteiger partial charge in [0.15, 0.2) is 0 Å². The minimum atomic E-state index is -0.261. The van der Waals surface area contributed by atoms with E-state index < -0.39 is 0 Å². The molecule has 1 aromatic carbocycles. The van der Waals surface area contributed by atoms with Crippen molar-refractivity contribution in [3.8, 4) is 0 Å². The fourth-order valence-electron chi connectivity index (χ4n) is 1.74. The van der Waals surface area contributed by atoms with E-state index in [1.54, 1.807) is 24.5 Å². The molecule has 0 bridgehead atoms. The monoisotopic (exact) mass is 290 g/mol. The normalized spacial score (nSPS) is 10.2. The van der Waals surface area contributed by atoms with E-state index >= 15 is 0 Å². The lowest BCUT2D eigenvalue weighted by atomic mass is 10.2. The highest BCUT2D eigenvalue weighted by molar-refractivity contribution is 6.33.